The van der Waals surface area contributed by atoms with E-state index in [1.807, 2.05) is 26.8 Å². The summed E-state index contributed by atoms with van der Waals surface area (Å²) in [5, 5.41) is 6.09. The van der Waals surface area contributed by atoms with Gasteiger partial charge in [-0.25, -0.2) is 4.79 Å². The molecule has 1 aromatic rings. The summed E-state index contributed by atoms with van der Waals surface area (Å²) in [5.74, 6) is 0.899. The Labute approximate surface area is 185 Å². The number of aliphatic imine (C=N–C) groups is 1. The van der Waals surface area contributed by atoms with Crippen LogP contribution in [0.25, 0.3) is 0 Å². The van der Waals surface area contributed by atoms with E-state index in [4.69, 9.17) is 4.74 Å². The van der Waals surface area contributed by atoms with E-state index in [9.17, 15) is 4.79 Å². The lowest BCUT2D eigenvalue weighted by Gasteiger charge is -2.37. The molecule has 1 heterocycles. The quantitative estimate of drug-likeness (QED) is 0.280. The molecular formula is C20H34IN5O2. The van der Waals surface area contributed by atoms with Crippen LogP contribution in [0.5, 0.6) is 0 Å². The van der Waals surface area contributed by atoms with E-state index in [1.165, 1.54) is 5.69 Å². The molecule has 0 atom stereocenters. The predicted molar refractivity (Wildman–Crippen MR) is 126 cm³/mol. The van der Waals surface area contributed by atoms with Gasteiger partial charge in [0.15, 0.2) is 5.96 Å². The Morgan fingerprint density at radius 1 is 1.11 bits per heavy atom. The lowest BCUT2D eigenvalue weighted by atomic mass is 10.2. The molecule has 2 rings (SSSR count). The fraction of sp³-hybridized carbons (Fsp3) is 0.600. The fourth-order valence-corrected chi connectivity index (χ4v) is 2.88. The van der Waals surface area contributed by atoms with Crippen molar-refractivity contribution in [1.29, 1.82) is 0 Å². The molecule has 1 aliphatic heterocycles. The molecule has 0 saturated carbocycles. The Hall–Kier alpha value is -1.71. The van der Waals surface area contributed by atoms with Crippen molar-refractivity contribution in [3.8, 4) is 0 Å². The number of guanidine groups is 1. The number of hydrogen-bond donors (Lipinski definition) is 2. The molecule has 7 nitrogen and oxygen atoms in total. The minimum absolute atomic E-state index is 0. The third kappa shape index (κ3) is 8.53. The highest BCUT2D eigenvalue weighted by molar-refractivity contribution is 14.0. The summed E-state index contributed by atoms with van der Waals surface area (Å²) >= 11 is 0. The van der Waals surface area contributed by atoms with Gasteiger partial charge in [0.05, 0.1) is 6.54 Å². The van der Waals surface area contributed by atoms with Crippen LogP contribution in [-0.2, 0) is 4.74 Å². The van der Waals surface area contributed by atoms with Crippen molar-refractivity contribution in [1.82, 2.24) is 15.5 Å². The van der Waals surface area contributed by atoms with Crippen LogP contribution in [-0.4, -0.2) is 68.4 Å². The number of carbonyl (C=O) groups excluding carboxylic acids is 1. The second kappa shape index (κ2) is 12.0. The number of benzene rings is 1. The summed E-state index contributed by atoms with van der Waals surface area (Å²) in [5.41, 5.74) is 0.779. The number of rotatable bonds is 5. The monoisotopic (exact) mass is 503 g/mol. The largest absolute Gasteiger partial charge is 0.444 e. The molecule has 2 N–H and O–H groups in total. The third-order valence-corrected chi connectivity index (χ3v) is 4.08. The summed E-state index contributed by atoms with van der Waals surface area (Å²) in [7, 11) is 0. The molecule has 1 saturated heterocycles. The average molecular weight is 503 g/mol. The zero-order valence-electron chi connectivity index (χ0n) is 17.4. The van der Waals surface area contributed by atoms with Gasteiger partial charge in [-0.2, -0.15) is 0 Å². The average Bonchev–Trinajstić information content (AvgIpc) is 2.64. The maximum Gasteiger partial charge on any atom is 0.407 e. The summed E-state index contributed by atoms with van der Waals surface area (Å²) in [6.07, 6.45) is -0.404. The van der Waals surface area contributed by atoms with Crippen LogP contribution in [0.2, 0.25) is 0 Å². The number of hydrogen-bond acceptors (Lipinski definition) is 4. The second-order valence-electron chi connectivity index (χ2n) is 7.47. The van der Waals surface area contributed by atoms with Crippen LogP contribution in [0.15, 0.2) is 35.3 Å². The molecule has 0 aromatic heterocycles. The molecule has 1 amide bonds. The molecular weight excluding hydrogens is 469 g/mol. The Bertz CT molecular complexity index is 611. The number of alkyl carbamates (subject to hydrolysis) is 1. The number of anilines is 1. The van der Waals surface area contributed by atoms with Crippen LogP contribution in [0.3, 0.4) is 0 Å². The minimum Gasteiger partial charge on any atom is -0.444 e. The highest BCUT2D eigenvalue weighted by atomic mass is 127. The van der Waals surface area contributed by atoms with Gasteiger partial charge in [-0.1, -0.05) is 18.2 Å². The smallest absolute Gasteiger partial charge is 0.407 e. The first-order valence-corrected chi connectivity index (χ1v) is 9.69. The van der Waals surface area contributed by atoms with Gasteiger partial charge < -0.3 is 25.2 Å². The molecule has 1 fully saturated rings. The van der Waals surface area contributed by atoms with Crippen LogP contribution in [0.1, 0.15) is 27.7 Å². The zero-order valence-corrected chi connectivity index (χ0v) is 19.7. The second-order valence-corrected chi connectivity index (χ2v) is 7.47. The molecule has 28 heavy (non-hydrogen) atoms. The maximum absolute atomic E-state index is 11.7. The Balaban J connectivity index is 0.00000392. The number of halogens is 1. The number of para-hydroxylation sites is 1. The number of carbonyl (C=O) groups is 1. The third-order valence-electron chi connectivity index (χ3n) is 4.08. The summed E-state index contributed by atoms with van der Waals surface area (Å²) in [6.45, 7) is 13.2. The van der Waals surface area contributed by atoms with Gasteiger partial charge in [-0.05, 0) is 39.8 Å². The topological polar surface area (TPSA) is 69.2 Å². The van der Waals surface area contributed by atoms with Gasteiger partial charge in [0.2, 0.25) is 0 Å². The molecule has 158 valence electrons. The van der Waals surface area contributed by atoms with Crippen molar-refractivity contribution >= 4 is 41.7 Å². The summed E-state index contributed by atoms with van der Waals surface area (Å²) in [4.78, 5) is 21.0. The van der Waals surface area contributed by atoms with Crippen molar-refractivity contribution in [3.05, 3.63) is 30.3 Å². The Morgan fingerprint density at radius 2 is 1.75 bits per heavy atom. The molecule has 0 unspecified atom stereocenters. The standard InChI is InChI=1S/C20H33N5O2.HI/c1-5-21-18(22-11-12-23-19(26)27-20(2,3)4)25-15-13-24(14-16-25)17-9-7-6-8-10-17;/h6-10H,5,11-16H2,1-4H3,(H,21,22)(H,23,26);1H. The fourth-order valence-electron chi connectivity index (χ4n) is 2.88. The van der Waals surface area contributed by atoms with Gasteiger partial charge in [-0.3, -0.25) is 4.99 Å². The van der Waals surface area contributed by atoms with Crippen LogP contribution < -0.4 is 15.5 Å². The maximum atomic E-state index is 11.7. The number of nitrogens with one attached hydrogen (secondary N) is 2. The SMILES string of the molecule is CCNC(=NCCNC(=O)OC(C)(C)C)N1CCN(c2ccccc2)CC1.I. The molecule has 1 aromatic carbocycles. The highest BCUT2D eigenvalue weighted by Crippen LogP contribution is 2.15. The number of amides is 1. The summed E-state index contributed by atoms with van der Waals surface area (Å²) < 4.78 is 5.23. The van der Waals surface area contributed by atoms with Gasteiger partial charge >= 0.3 is 6.09 Å². The lowest BCUT2D eigenvalue weighted by Crippen LogP contribution is -2.52. The first-order chi connectivity index (χ1) is 12.9. The molecule has 0 spiro atoms. The van der Waals surface area contributed by atoms with Crippen molar-refractivity contribution in [2.45, 2.75) is 33.3 Å². The van der Waals surface area contributed by atoms with Gasteiger partial charge in [0, 0.05) is 45.0 Å². The van der Waals surface area contributed by atoms with E-state index in [1.54, 1.807) is 0 Å². The molecule has 0 aliphatic carbocycles. The van der Waals surface area contributed by atoms with E-state index >= 15 is 0 Å². The van der Waals surface area contributed by atoms with Gasteiger partial charge in [0.25, 0.3) is 0 Å². The first kappa shape index (κ1) is 24.3. The molecule has 0 radical (unpaired) electrons. The number of nitrogens with zero attached hydrogens (tertiary/aromatic N) is 3. The van der Waals surface area contributed by atoms with E-state index in [-0.39, 0.29) is 24.0 Å². The predicted octanol–water partition coefficient (Wildman–Crippen LogP) is 2.92. The van der Waals surface area contributed by atoms with Crippen molar-refractivity contribution in [3.63, 3.8) is 0 Å². The molecule has 8 heteroatoms. The highest BCUT2D eigenvalue weighted by Gasteiger charge is 2.20. The first-order valence-electron chi connectivity index (χ1n) is 9.69. The van der Waals surface area contributed by atoms with E-state index < -0.39 is 11.7 Å². The molecule has 1 aliphatic rings. The number of piperazine rings is 1. The number of ether oxygens (including phenoxy) is 1. The molecule has 0 bridgehead atoms. The van der Waals surface area contributed by atoms with Crippen LogP contribution in [0.4, 0.5) is 10.5 Å². The summed E-state index contributed by atoms with van der Waals surface area (Å²) in [6, 6.07) is 10.5. The van der Waals surface area contributed by atoms with E-state index in [0.29, 0.717) is 13.1 Å². The van der Waals surface area contributed by atoms with Crippen molar-refractivity contribution in [2.75, 3.05) is 50.7 Å². The zero-order chi connectivity index (χ0) is 19.7. The van der Waals surface area contributed by atoms with Gasteiger partial charge in [-0.15, -0.1) is 24.0 Å². The lowest BCUT2D eigenvalue weighted by molar-refractivity contribution is 0.0529. The van der Waals surface area contributed by atoms with E-state index in [0.717, 1.165) is 38.7 Å². The Kier molecular flexibility index (Phi) is 10.4. The Morgan fingerprint density at radius 3 is 2.32 bits per heavy atom. The van der Waals surface area contributed by atoms with Crippen LogP contribution >= 0.6 is 24.0 Å². The normalized spacial score (nSPS) is 14.9. The van der Waals surface area contributed by atoms with Crippen molar-refractivity contribution < 1.29 is 9.53 Å². The van der Waals surface area contributed by atoms with Crippen LogP contribution in [0, 0.1) is 0 Å². The van der Waals surface area contributed by atoms with Gasteiger partial charge in [0.1, 0.15) is 5.60 Å². The minimum atomic E-state index is -0.485. The van der Waals surface area contributed by atoms with Crippen molar-refractivity contribution in [2.24, 2.45) is 4.99 Å². The van der Waals surface area contributed by atoms with E-state index in [2.05, 4.69) is 56.6 Å².